The van der Waals surface area contributed by atoms with Gasteiger partial charge in [0.2, 0.25) is 0 Å². The molecule has 0 bridgehead atoms. The van der Waals surface area contributed by atoms with Gasteiger partial charge in [0.05, 0.1) is 0 Å². The Hall–Kier alpha value is -0.480. The quantitative estimate of drug-likeness (QED) is 0.515. The molecule has 0 nitrogen and oxygen atoms in total. The molecule has 0 rings (SSSR count). The molecule has 0 spiro atoms. The Balaban J connectivity index is 4.14. The minimum atomic E-state index is 0.743. The molecular formula is C12H22. The second-order valence-electron chi connectivity index (χ2n) is 3.35. The van der Waals surface area contributed by atoms with E-state index in [9.17, 15) is 0 Å². The zero-order valence-electron chi connectivity index (χ0n) is 8.82. The van der Waals surface area contributed by atoms with Crippen LogP contribution in [-0.4, -0.2) is 0 Å². The van der Waals surface area contributed by atoms with Gasteiger partial charge in [-0.2, -0.15) is 0 Å². The summed E-state index contributed by atoms with van der Waals surface area (Å²) in [6, 6.07) is 0. The molecule has 70 valence electrons. The average Bonchev–Trinajstić information content (AvgIpc) is 2.11. The lowest BCUT2D eigenvalue weighted by Gasteiger charge is -2.15. The third-order valence-electron chi connectivity index (χ3n) is 2.37. The summed E-state index contributed by atoms with van der Waals surface area (Å²) in [5, 5.41) is 0. The van der Waals surface area contributed by atoms with E-state index >= 15 is 0 Å². The van der Waals surface area contributed by atoms with E-state index in [1.807, 2.05) is 0 Å². The molecule has 0 aliphatic carbocycles. The maximum Gasteiger partial charge on any atom is -0.0130 e. The second kappa shape index (κ2) is 7.18. The molecule has 0 radical (unpaired) electrons. The van der Waals surface area contributed by atoms with Crippen molar-refractivity contribution in [2.45, 2.75) is 52.9 Å². The molecule has 0 saturated carbocycles. The Kier molecular flexibility index (Phi) is 6.90. The fourth-order valence-electron chi connectivity index (χ4n) is 1.68. The van der Waals surface area contributed by atoms with Gasteiger partial charge in [-0.25, -0.2) is 0 Å². The molecule has 0 fully saturated rings. The van der Waals surface area contributed by atoms with Crippen LogP contribution < -0.4 is 0 Å². The Bertz CT molecular complexity index is 149. The molecule has 0 amide bonds. The third-order valence-corrected chi connectivity index (χ3v) is 2.37. The van der Waals surface area contributed by atoms with Crippen molar-refractivity contribution in [2.75, 3.05) is 0 Å². The molecule has 1 unspecified atom stereocenters. The van der Waals surface area contributed by atoms with Gasteiger partial charge in [-0.1, -0.05) is 40.2 Å². The van der Waals surface area contributed by atoms with Crippen molar-refractivity contribution in [1.29, 1.82) is 0 Å². The standard InChI is InChI=1S/C12H22/c1-5-9-11(7-3)12(8-4)10-6-2/h12H,3,5-6,8-10H2,1-2,4H3. The fraction of sp³-hybridized carbons (Fsp3) is 0.750. The van der Waals surface area contributed by atoms with E-state index in [1.54, 1.807) is 0 Å². The van der Waals surface area contributed by atoms with Crippen LogP contribution in [0.1, 0.15) is 52.9 Å². The molecule has 0 aromatic heterocycles. The Morgan fingerprint density at radius 3 is 2.25 bits per heavy atom. The van der Waals surface area contributed by atoms with E-state index in [4.69, 9.17) is 0 Å². The summed E-state index contributed by atoms with van der Waals surface area (Å²) < 4.78 is 0. The van der Waals surface area contributed by atoms with E-state index in [2.05, 4.69) is 33.1 Å². The minimum Gasteiger partial charge on any atom is -0.129 e. The first kappa shape index (κ1) is 11.5. The van der Waals surface area contributed by atoms with Crippen molar-refractivity contribution in [3.8, 4) is 0 Å². The lowest BCUT2D eigenvalue weighted by atomic mass is 9.90. The lowest BCUT2D eigenvalue weighted by Crippen LogP contribution is -2.01. The van der Waals surface area contributed by atoms with Crippen LogP contribution in [0.15, 0.2) is 17.9 Å². The third kappa shape index (κ3) is 3.78. The minimum absolute atomic E-state index is 0.743. The topological polar surface area (TPSA) is 0 Å². The number of hydrogen-bond donors (Lipinski definition) is 0. The van der Waals surface area contributed by atoms with Crippen LogP contribution in [0.2, 0.25) is 0 Å². The molecule has 0 saturated heterocycles. The largest absolute Gasteiger partial charge is 0.129 e. The van der Waals surface area contributed by atoms with Gasteiger partial charge in [0.25, 0.3) is 0 Å². The number of hydrogen-bond acceptors (Lipinski definition) is 0. The van der Waals surface area contributed by atoms with Crippen LogP contribution in [-0.2, 0) is 0 Å². The molecule has 0 aliphatic heterocycles. The summed E-state index contributed by atoms with van der Waals surface area (Å²) >= 11 is 0. The van der Waals surface area contributed by atoms with E-state index in [0.717, 1.165) is 5.92 Å². The first-order valence-corrected chi connectivity index (χ1v) is 5.18. The highest BCUT2D eigenvalue weighted by molar-refractivity contribution is 5.03. The van der Waals surface area contributed by atoms with Gasteiger partial charge in [-0.3, -0.25) is 0 Å². The van der Waals surface area contributed by atoms with E-state index in [1.165, 1.54) is 37.7 Å². The van der Waals surface area contributed by atoms with Crippen molar-refractivity contribution in [3.05, 3.63) is 17.9 Å². The van der Waals surface area contributed by atoms with Gasteiger partial charge in [0.15, 0.2) is 0 Å². The van der Waals surface area contributed by atoms with Gasteiger partial charge in [0.1, 0.15) is 0 Å². The molecule has 0 heterocycles. The van der Waals surface area contributed by atoms with Gasteiger partial charge in [-0.05, 0) is 30.8 Å². The Labute approximate surface area is 77.4 Å². The van der Waals surface area contributed by atoms with Crippen molar-refractivity contribution in [3.63, 3.8) is 0 Å². The van der Waals surface area contributed by atoms with Crippen molar-refractivity contribution in [2.24, 2.45) is 5.92 Å². The van der Waals surface area contributed by atoms with Crippen LogP contribution in [0.5, 0.6) is 0 Å². The van der Waals surface area contributed by atoms with Crippen LogP contribution in [0.3, 0.4) is 0 Å². The van der Waals surface area contributed by atoms with E-state index in [-0.39, 0.29) is 0 Å². The molecule has 0 N–H and O–H groups in total. The monoisotopic (exact) mass is 166 g/mol. The molecular weight excluding hydrogens is 144 g/mol. The van der Waals surface area contributed by atoms with Crippen molar-refractivity contribution < 1.29 is 0 Å². The highest BCUT2D eigenvalue weighted by Crippen LogP contribution is 2.23. The summed E-state index contributed by atoms with van der Waals surface area (Å²) in [4.78, 5) is 0. The number of allylic oxidation sites excluding steroid dienone is 1. The van der Waals surface area contributed by atoms with E-state index in [0.29, 0.717) is 0 Å². The zero-order valence-corrected chi connectivity index (χ0v) is 8.82. The fourth-order valence-corrected chi connectivity index (χ4v) is 1.68. The van der Waals surface area contributed by atoms with Crippen LogP contribution in [0, 0.1) is 5.92 Å². The molecule has 0 aromatic rings. The first-order chi connectivity index (χ1) is 5.79. The van der Waals surface area contributed by atoms with E-state index < -0.39 is 0 Å². The van der Waals surface area contributed by atoms with Crippen LogP contribution in [0.25, 0.3) is 0 Å². The molecule has 0 aromatic carbocycles. The SMILES string of the molecule is C=C=C(CCC)C(CC)CCC. The lowest BCUT2D eigenvalue weighted by molar-refractivity contribution is 0.516. The predicted octanol–water partition coefficient (Wildman–Crippen LogP) is 4.32. The maximum absolute atomic E-state index is 3.77. The maximum atomic E-state index is 3.77. The summed E-state index contributed by atoms with van der Waals surface area (Å²) in [5.74, 6) is 0.743. The molecule has 0 heteroatoms. The first-order valence-electron chi connectivity index (χ1n) is 5.18. The van der Waals surface area contributed by atoms with Gasteiger partial charge >= 0.3 is 0 Å². The van der Waals surface area contributed by atoms with Gasteiger partial charge < -0.3 is 0 Å². The number of rotatable bonds is 6. The second-order valence-corrected chi connectivity index (χ2v) is 3.35. The molecule has 1 atom stereocenters. The van der Waals surface area contributed by atoms with Crippen LogP contribution in [0.4, 0.5) is 0 Å². The van der Waals surface area contributed by atoms with Crippen molar-refractivity contribution >= 4 is 0 Å². The smallest absolute Gasteiger partial charge is 0.0130 e. The summed E-state index contributed by atoms with van der Waals surface area (Å²) in [6.07, 6.45) is 6.22. The highest BCUT2D eigenvalue weighted by Gasteiger charge is 2.09. The summed E-state index contributed by atoms with van der Waals surface area (Å²) in [7, 11) is 0. The predicted molar refractivity (Wildman–Crippen MR) is 56.3 cm³/mol. The van der Waals surface area contributed by atoms with Gasteiger partial charge in [-0.15, -0.1) is 5.73 Å². The Morgan fingerprint density at radius 2 is 1.92 bits per heavy atom. The summed E-state index contributed by atoms with van der Waals surface area (Å²) in [6.45, 7) is 10.5. The molecule has 12 heavy (non-hydrogen) atoms. The highest BCUT2D eigenvalue weighted by atomic mass is 14.1. The van der Waals surface area contributed by atoms with Gasteiger partial charge in [0, 0.05) is 0 Å². The zero-order chi connectivity index (χ0) is 9.40. The Morgan fingerprint density at radius 1 is 1.25 bits per heavy atom. The van der Waals surface area contributed by atoms with Crippen LogP contribution >= 0.6 is 0 Å². The summed E-state index contributed by atoms with van der Waals surface area (Å²) in [5.41, 5.74) is 4.55. The normalized spacial score (nSPS) is 12.2. The molecule has 0 aliphatic rings. The van der Waals surface area contributed by atoms with Crippen molar-refractivity contribution in [1.82, 2.24) is 0 Å². The average molecular weight is 166 g/mol.